The maximum atomic E-state index is 5.12. The zero-order valence-corrected chi connectivity index (χ0v) is 29.3. The summed E-state index contributed by atoms with van der Waals surface area (Å²) in [6.07, 6.45) is 8.33. The smallest absolute Gasteiger partial charge is 0.0715 e. The molecule has 0 N–H and O–H groups in total. The molecule has 6 aromatic rings. The molecule has 2 heterocycles. The number of hydrogen-bond donors (Lipinski definition) is 0. The molecule has 0 fully saturated rings. The molecule has 2 nitrogen and oxygen atoms in total. The number of rotatable bonds is 6. The summed E-state index contributed by atoms with van der Waals surface area (Å²) < 4.78 is 0. The maximum absolute atomic E-state index is 5.12. The Hall–Kier alpha value is -6.25. The third-order valence-corrected chi connectivity index (χ3v) is 11.5. The second kappa shape index (κ2) is 12.2. The van der Waals surface area contributed by atoms with Crippen LogP contribution in [0.5, 0.6) is 0 Å². The van der Waals surface area contributed by atoms with Crippen molar-refractivity contribution in [2.45, 2.75) is 31.6 Å². The Bertz CT molecular complexity index is 2470. The van der Waals surface area contributed by atoms with Crippen LogP contribution in [0.1, 0.15) is 41.9 Å². The molecule has 2 heteroatoms. The van der Waals surface area contributed by atoms with Crippen LogP contribution in [0.4, 0.5) is 11.4 Å². The van der Waals surface area contributed by atoms with Crippen molar-refractivity contribution >= 4 is 11.4 Å². The van der Waals surface area contributed by atoms with E-state index in [0.29, 0.717) is 5.92 Å². The SMILES string of the molecule is C=C/C=C\C1=C(C)CC2=C3Cc4ccccc4C3C3C(=C12)N(c1ccc(-c2cc(-c4ccccc4)nc(-c4ccccc4)c2)cc1)c1ccccc13. The molecule has 1 aromatic heterocycles. The van der Waals surface area contributed by atoms with Gasteiger partial charge in [-0.2, -0.15) is 0 Å². The average Bonchev–Trinajstić information content (AvgIpc) is 3.86. The summed E-state index contributed by atoms with van der Waals surface area (Å²) in [5, 5.41) is 0. The normalized spacial score (nSPS) is 18.4. The summed E-state index contributed by atoms with van der Waals surface area (Å²) in [5.74, 6) is 0.587. The Morgan fingerprint density at radius 1 is 0.635 bits per heavy atom. The lowest BCUT2D eigenvalue weighted by atomic mass is 9.72. The molecule has 0 radical (unpaired) electrons. The van der Waals surface area contributed by atoms with E-state index in [1.54, 1.807) is 5.57 Å². The highest BCUT2D eigenvalue weighted by Crippen LogP contribution is 2.65. The highest BCUT2D eigenvalue weighted by atomic mass is 15.2. The van der Waals surface area contributed by atoms with Gasteiger partial charge in [-0.3, -0.25) is 0 Å². The number of allylic oxidation sites excluding steroid dienone is 9. The molecular weight excluding hydrogens is 629 g/mol. The number of pyridine rings is 1. The van der Waals surface area contributed by atoms with Crippen LogP contribution >= 0.6 is 0 Å². The van der Waals surface area contributed by atoms with Gasteiger partial charge >= 0.3 is 0 Å². The molecule has 0 bridgehead atoms. The molecule has 0 spiro atoms. The molecule has 0 saturated carbocycles. The monoisotopic (exact) mass is 666 g/mol. The maximum Gasteiger partial charge on any atom is 0.0715 e. The largest absolute Gasteiger partial charge is 0.313 e. The fraction of sp³-hybridized carbons (Fsp3) is 0.100. The number of hydrogen-bond acceptors (Lipinski definition) is 2. The Balaban J connectivity index is 1.14. The van der Waals surface area contributed by atoms with Gasteiger partial charge in [-0.15, -0.1) is 0 Å². The summed E-state index contributed by atoms with van der Waals surface area (Å²) in [6, 6.07) is 52.9. The fourth-order valence-corrected chi connectivity index (χ4v) is 9.22. The van der Waals surface area contributed by atoms with Gasteiger partial charge in [0.25, 0.3) is 0 Å². The van der Waals surface area contributed by atoms with E-state index in [1.807, 2.05) is 6.08 Å². The first-order valence-electron chi connectivity index (χ1n) is 18.3. The molecule has 2 unspecified atom stereocenters. The van der Waals surface area contributed by atoms with E-state index in [2.05, 4.69) is 176 Å². The van der Waals surface area contributed by atoms with E-state index in [0.717, 1.165) is 40.9 Å². The van der Waals surface area contributed by atoms with Gasteiger partial charge in [0.1, 0.15) is 0 Å². The van der Waals surface area contributed by atoms with Crippen LogP contribution in [0, 0.1) is 0 Å². The lowest BCUT2D eigenvalue weighted by Crippen LogP contribution is -2.24. The third kappa shape index (κ3) is 4.75. The van der Waals surface area contributed by atoms with Gasteiger partial charge in [0.15, 0.2) is 0 Å². The minimum Gasteiger partial charge on any atom is -0.313 e. The number of benzene rings is 5. The number of nitrogens with zero attached hydrogens (tertiary/aromatic N) is 2. The predicted molar refractivity (Wildman–Crippen MR) is 215 cm³/mol. The lowest BCUT2D eigenvalue weighted by Gasteiger charge is -2.35. The van der Waals surface area contributed by atoms with Crippen molar-refractivity contribution in [2.24, 2.45) is 0 Å². The molecule has 3 aliphatic carbocycles. The van der Waals surface area contributed by atoms with Gasteiger partial charge in [-0.1, -0.05) is 151 Å². The van der Waals surface area contributed by atoms with Crippen molar-refractivity contribution in [3.63, 3.8) is 0 Å². The van der Waals surface area contributed by atoms with E-state index in [1.165, 1.54) is 61.6 Å². The second-order valence-electron chi connectivity index (χ2n) is 14.4. The van der Waals surface area contributed by atoms with E-state index >= 15 is 0 Å². The van der Waals surface area contributed by atoms with Gasteiger partial charge < -0.3 is 4.90 Å². The molecule has 5 aromatic carbocycles. The van der Waals surface area contributed by atoms with Crippen LogP contribution in [0.3, 0.4) is 0 Å². The van der Waals surface area contributed by atoms with Crippen molar-refractivity contribution in [3.8, 4) is 33.6 Å². The topological polar surface area (TPSA) is 16.1 Å². The molecule has 4 aliphatic rings. The molecule has 248 valence electrons. The summed E-state index contributed by atoms with van der Waals surface area (Å²) in [4.78, 5) is 7.70. The number of para-hydroxylation sites is 1. The minimum absolute atomic E-state index is 0.244. The molecule has 2 atom stereocenters. The van der Waals surface area contributed by atoms with E-state index in [4.69, 9.17) is 4.98 Å². The minimum atomic E-state index is 0.244. The zero-order chi connectivity index (χ0) is 34.8. The van der Waals surface area contributed by atoms with Crippen LogP contribution in [0.2, 0.25) is 0 Å². The first kappa shape index (κ1) is 30.6. The van der Waals surface area contributed by atoms with Crippen molar-refractivity contribution in [3.05, 3.63) is 221 Å². The van der Waals surface area contributed by atoms with Gasteiger partial charge in [-0.05, 0) is 89.1 Å². The summed E-state index contributed by atoms with van der Waals surface area (Å²) >= 11 is 0. The summed E-state index contributed by atoms with van der Waals surface area (Å²) in [5.41, 5.74) is 22.1. The predicted octanol–water partition coefficient (Wildman–Crippen LogP) is 12.7. The van der Waals surface area contributed by atoms with Crippen LogP contribution in [0.15, 0.2) is 204 Å². The van der Waals surface area contributed by atoms with E-state index in [9.17, 15) is 0 Å². The number of fused-ring (bicyclic) bond motifs is 8. The van der Waals surface area contributed by atoms with E-state index in [-0.39, 0.29) is 5.92 Å². The van der Waals surface area contributed by atoms with Crippen LogP contribution in [0.25, 0.3) is 33.6 Å². The zero-order valence-electron chi connectivity index (χ0n) is 29.3. The lowest BCUT2D eigenvalue weighted by molar-refractivity contribution is 0.671. The van der Waals surface area contributed by atoms with Crippen molar-refractivity contribution in [1.82, 2.24) is 4.98 Å². The van der Waals surface area contributed by atoms with Gasteiger partial charge in [0, 0.05) is 45.6 Å². The second-order valence-corrected chi connectivity index (χ2v) is 14.4. The summed E-state index contributed by atoms with van der Waals surface area (Å²) in [6.45, 7) is 6.34. The van der Waals surface area contributed by atoms with E-state index < -0.39 is 0 Å². The highest BCUT2D eigenvalue weighted by Gasteiger charge is 2.50. The molecule has 1 aliphatic heterocycles. The van der Waals surface area contributed by atoms with Crippen molar-refractivity contribution < 1.29 is 0 Å². The number of aromatic nitrogens is 1. The molecule has 0 amide bonds. The average molecular weight is 667 g/mol. The Morgan fingerprint density at radius 2 is 1.27 bits per heavy atom. The molecule has 10 rings (SSSR count). The van der Waals surface area contributed by atoms with Crippen LogP contribution in [-0.4, -0.2) is 4.98 Å². The fourth-order valence-electron chi connectivity index (χ4n) is 9.22. The van der Waals surface area contributed by atoms with Gasteiger partial charge in [-0.25, -0.2) is 4.98 Å². The van der Waals surface area contributed by atoms with Gasteiger partial charge in [0.2, 0.25) is 0 Å². The molecular formula is C50H38N2. The first-order chi connectivity index (χ1) is 25.7. The highest BCUT2D eigenvalue weighted by molar-refractivity contribution is 5.86. The van der Waals surface area contributed by atoms with Crippen molar-refractivity contribution in [1.29, 1.82) is 0 Å². The third-order valence-electron chi connectivity index (χ3n) is 11.5. The summed E-state index contributed by atoms with van der Waals surface area (Å²) in [7, 11) is 0. The Labute approximate surface area is 306 Å². The quantitative estimate of drug-likeness (QED) is 0.165. The standard InChI is InChI=1S/C50H38N2/c1-3-4-20-39-32(2)28-42-43-29-36-19-11-12-21-40(36)47(43)49-41-22-13-14-23-46(41)52(50(49)48(39)42)38-26-24-33(25-27-38)37-30-44(34-15-7-5-8-16-34)51-45(31-37)35-17-9-6-10-18-35/h3-27,30-31,47,49H,1,28-29H2,2H3/b20-4-. The Morgan fingerprint density at radius 3 is 1.96 bits per heavy atom. The van der Waals surface area contributed by atoms with Crippen molar-refractivity contribution in [2.75, 3.05) is 4.90 Å². The van der Waals surface area contributed by atoms with Crippen LogP contribution in [-0.2, 0) is 6.42 Å². The first-order valence-corrected chi connectivity index (χ1v) is 18.3. The Kier molecular flexibility index (Phi) is 7.18. The molecule has 0 saturated heterocycles. The van der Waals surface area contributed by atoms with Gasteiger partial charge in [0.05, 0.1) is 11.4 Å². The number of anilines is 2. The molecule has 52 heavy (non-hydrogen) atoms. The van der Waals surface area contributed by atoms with Crippen LogP contribution < -0.4 is 4.90 Å².